The van der Waals surface area contributed by atoms with Gasteiger partial charge in [-0.25, -0.2) is 4.79 Å². The second-order valence-corrected chi connectivity index (χ2v) is 4.36. The van der Waals surface area contributed by atoms with Gasteiger partial charge in [0.05, 0.1) is 17.8 Å². The predicted molar refractivity (Wildman–Crippen MR) is 53.7 cm³/mol. The van der Waals surface area contributed by atoms with E-state index in [1.807, 2.05) is 0 Å². The van der Waals surface area contributed by atoms with Crippen LogP contribution in [0.2, 0.25) is 0 Å². The third-order valence-electron chi connectivity index (χ3n) is 2.37. The molecule has 0 aromatic carbocycles. The molecule has 2 rings (SSSR count). The molecular formula is C9H11BrN2O2. The maximum absolute atomic E-state index is 11.5. The molecule has 1 aliphatic rings. The van der Waals surface area contributed by atoms with E-state index < -0.39 is 0 Å². The number of rotatable bonds is 3. The third kappa shape index (κ3) is 1.82. The van der Waals surface area contributed by atoms with Gasteiger partial charge < -0.3 is 4.74 Å². The molecule has 1 unspecified atom stereocenters. The summed E-state index contributed by atoms with van der Waals surface area (Å²) in [5.74, 6) is 0.192. The Labute approximate surface area is 90.4 Å². The average Bonchev–Trinajstić information content (AvgIpc) is 2.90. The zero-order valence-corrected chi connectivity index (χ0v) is 9.40. The first kappa shape index (κ1) is 9.71. The van der Waals surface area contributed by atoms with Crippen LogP contribution in [0.1, 0.15) is 18.9 Å². The average molecular weight is 259 g/mol. The Hall–Kier alpha value is -0.840. The van der Waals surface area contributed by atoms with Crippen LogP contribution >= 0.6 is 15.9 Å². The second kappa shape index (κ2) is 3.73. The molecule has 0 radical (unpaired) electrons. The smallest absolute Gasteiger partial charge is 0.330 e. The van der Waals surface area contributed by atoms with Crippen molar-refractivity contribution in [2.75, 3.05) is 7.11 Å². The lowest BCUT2D eigenvalue weighted by Gasteiger charge is -2.13. The SMILES string of the molecule is COC(=O)C(C1CC1)n1cc(Br)cn1. The number of ether oxygens (including phenoxy) is 1. The summed E-state index contributed by atoms with van der Waals surface area (Å²) in [6.07, 6.45) is 5.65. The Morgan fingerprint density at radius 3 is 2.93 bits per heavy atom. The van der Waals surface area contributed by atoms with Crippen molar-refractivity contribution in [2.24, 2.45) is 5.92 Å². The molecule has 1 heterocycles. The lowest BCUT2D eigenvalue weighted by molar-refractivity contribution is -0.145. The van der Waals surface area contributed by atoms with Gasteiger partial charge in [0.1, 0.15) is 0 Å². The minimum atomic E-state index is -0.244. The summed E-state index contributed by atoms with van der Waals surface area (Å²) in [5.41, 5.74) is 0. The van der Waals surface area contributed by atoms with Crippen LogP contribution in [0.15, 0.2) is 16.9 Å². The molecule has 0 aliphatic heterocycles. The van der Waals surface area contributed by atoms with Crippen molar-refractivity contribution in [3.63, 3.8) is 0 Å². The highest BCUT2D eigenvalue weighted by molar-refractivity contribution is 9.10. The summed E-state index contributed by atoms with van der Waals surface area (Å²) >= 11 is 3.31. The van der Waals surface area contributed by atoms with Gasteiger partial charge in [0.25, 0.3) is 0 Å². The Morgan fingerprint density at radius 2 is 2.50 bits per heavy atom. The molecule has 4 nitrogen and oxygen atoms in total. The number of carbonyl (C=O) groups is 1. The van der Waals surface area contributed by atoms with Crippen LogP contribution in [-0.2, 0) is 9.53 Å². The van der Waals surface area contributed by atoms with Crippen LogP contribution in [0.5, 0.6) is 0 Å². The highest BCUT2D eigenvalue weighted by atomic mass is 79.9. The van der Waals surface area contributed by atoms with E-state index in [0.29, 0.717) is 5.92 Å². The molecule has 1 atom stereocenters. The van der Waals surface area contributed by atoms with Gasteiger partial charge in [-0.1, -0.05) is 0 Å². The van der Waals surface area contributed by atoms with E-state index in [1.165, 1.54) is 7.11 Å². The number of esters is 1. The van der Waals surface area contributed by atoms with E-state index in [9.17, 15) is 4.79 Å². The molecule has 0 bridgehead atoms. The Balaban J connectivity index is 2.22. The topological polar surface area (TPSA) is 44.1 Å². The van der Waals surface area contributed by atoms with E-state index in [-0.39, 0.29) is 12.0 Å². The number of nitrogens with zero attached hydrogens (tertiary/aromatic N) is 2. The van der Waals surface area contributed by atoms with Crippen LogP contribution in [0.25, 0.3) is 0 Å². The van der Waals surface area contributed by atoms with Crippen molar-refractivity contribution in [3.8, 4) is 0 Å². The predicted octanol–water partition coefficient (Wildman–Crippen LogP) is 1.77. The molecule has 1 saturated carbocycles. The minimum absolute atomic E-state index is 0.205. The summed E-state index contributed by atoms with van der Waals surface area (Å²) in [5, 5.41) is 4.12. The molecule has 1 aromatic heterocycles. The zero-order valence-electron chi connectivity index (χ0n) is 7.81. The van der Waals surface area contributed by atoms with Crippen molar-refractivity contribution in [3.05, 3.63) is 16.9 Å². The molecule has 0 amide bonds. The van der Waals surface area contributed by atoms with Crippen LogP contribution in [0.4, 0.5) is 0 Å². The molecule has 1 aromatic rings. The standard InChI is InChI=1S/C9H11BrN2O2/c1-14-9(13)8(6-2-3-6)12-5-7(10)4-11-12/h4-6,8H,2-3H2,1H3. The van der Waals surface area contributed by atoms with E-state index >= 15 is 0 Å². The van der Waals surface area contributed by atoms with Crippen LogP contribution in [0, 0.1) is 5.92 Å². The number of methoxy groups -OCH3 is 1. The van der Waals surface area contributed by atoms with Crippen LogP contribution in [-0.4, -0.2) is 22.9 Å². The van der Waals surface area contributed by atoms with Crippen LogP contribution in [0.3, 0.4) is 0 Å². The van der Waals surface area contributed by atoms with Gasteiger partial charge in [0, 0.05) is 6.20 Å². The lowest BCUT2D eigenvalue weighted by atomic mass is 10.2. The number of hydrogen-bond acceptors (Lipinski definition) is 3. The fraction of sp³-hybridized carbons (Fsp3) is 0.556. The lowest BCUT2D eigenvalue weighted by Crippen LogP contribution is -2.23. The fourth-order valence-corrected chi connectivity index (χ4v) is 1.82. The summed E-state index contributed by atoms with van der Waals surface area (Å²) in [4.78, 5) is 11.5. The first-order valence-electron chi connectivity index (χ1n) is 4.50. The first-order chi connectivity index (χ1) is 6.72. The highest BCUT2D eigenvalue weighted by Gasteiger charge is 2.38. The van der Waals surface area contributed by atoms with Crippen molar-refractivity contribution in [1.82, 2.24) is 9.78 Å². The summed E-state index contributed by atoms with van der Waals surface area (Å²) in [6, 6.07) is -0.244. The highest BCUT2D eigenvalue weighted by Crippen LogP contribution is 2.40. The van der Waals surface area contributed by atoms with Gasteiger partial charge in [0.15, 0.2) is 6.04 Å². The van der Waals surface area contributed by atoms with E-state index in [0.717, 1.165) is 17.3 Å². The second-order valence-electron chi connectivity index (χ2n) is 3.44. The first-order valence-corrected chi connectivity index (χ1v) is 5.29. The Morgan fingerprint density at radius 1 is 1.79 bits per heavy atom. The number of hydrogen-bond donors (Lipinski definition) is 0. The molecule has 1 aliphatic carbocycles. The molecule has 1 fully saturated rings. The monoisotopic (exact) mass is 258 g/mol. The van der Waals surface area contributed by atoms with Gasteiger partial charge in [-0.05, 0) is 34.7 Å². The summed E-state index contributed by atoms with van der Waals surface area (Å²) in [7, 11) is 1.41. The van der Waals surface area contributed by atoms with Crippen molar-refractivity contribution < 1.29 is 9.53 Å². The van der Waals surface area contributed by atoms with Gasteiger partial charge >= 0.3 is 5.97 Å². The molecule has 0 spiro atoms. The van der Waals surface area contributed by atoms with Gasteiger partial charge in [-0.3, -0.25) is 4.68 Å². The maximum Gasteiger partial charge on any atom is 0.330 e. The molecular weight excluding hydrogens is 248 g/mol. The van der Waals surface area contributed by atoms with Crippen LogP contribution < -0.4 is 0 Å². The Bertz CT molecular complexity index is 346. The Kier molecular flexibility index (Phi) is 2.58. The van der Waals surface area contributed by atoms with E-state index in [2.05, 4.69) is 21.0 Å². The largest absolute Gasteiger partial charge is 0.467 e. The van der Waals surface area contributed by atoms with Crippen molar-refractivity contribution in [1.29, 1.82) is 0 Å². The number of halogens is 1. The maximum atomic E-state index is 11.5. The summed E-state index contributed by atoms with van der Waals surface area (Å²) in [6.45, 7) is 0. The number of aromatic nitrogens is 2. The van der Waals surface area contributed by atoms with E-state index in [4.69, 9.17) is 4.74 Å². The normalized spacial score (nSPS) is 17.9. The molecule has 14 heavy (non-hydrogen) atoms. The molecule has 76 valence electrons. The summed E-state index contributed by atoms with van der Waals surface area (Å²) < 4.78 is 7.32. The molecule has 0 N–H and O–H groups in total. The minimum Gasteiger partial charge on any atom is -0.467 e. The van der Waals surface area contributed by atoms with Gasteiger partial charge in [-0.15, -0.1) is 0 Å². The fourth-order valence-electron chi connectivity index (χ4n) is 1.52. The molecule has 5 heteroatoms. The van der Waals surface area contributed by atoms with Gasteiger partial charge in [0.2, 0.25) is 0 Å². The van der Waals surface area contributed by atoms with Crippen molar-refractivity contribution in [2.45, 2.75) is 18.9 Å². The zero-order chi connectivity index (χ0) is 10.1. The number of carbonyl (C=O) groups excluding carboxylic acids is 1. The van der Waals surface area contributed by atoms with Gasteiger partial charge in [-0.2, -0.15) is 5.10 Å². The molecule has 0 saturated heterocycles. The van der Waals surface area contributed by atoms with Crippen molar-refractivity contribution >= 4 is 21.9 Å². The third-order valence-corrected chi connectivity index (χ3v) is 2.78. The van der Waals surface area contributed by atoms with E-state index in [1.54, 1.807) is 17.1 Å². The quantitative estimate of drug-likeness (QED) is 0.777.